The largest absolute Gasteiger partial charge is 0.423 e. The molecule has 26 heavy (non-hydrogen) atoms. The lowest BCUT2D eigenvalue weighted by atomic mass is 10.2. The highest BCUT2D eigenvalue weighted by atomic mass is 32.2. The average molecular weight is 380 g/mol. The molecule has 0 radical (unpaired) electrons. The number of sulfonamides is 1. The summed E-state index contributed by atoms with van der Waals surface area (Å²) >= 11 is 0. The Morgan fingerprint density at radius 1 is 1.15 bits per heavy atom. The molecule has 0 fully saturated rings. The molecule has 0 aliphatic rings. The maximum Gasteiger partial charge on any atom is 0.251 e. The third-order valence-corrected chi connectivity index (χ3v) is 5.90. The minimum atomic E-state index is -3.54. The number of aromatic nitrogens is 2. The van der Waals surface area contributed by atoms with Crippen molar-refractivity contribution in [3.63, 3.8) is 0 Å². The van der Waals surface area contributed by atoms with Gasteiger partial charge in [0, 0.05) is 24.6 Å². The highest BCUT2D eigenvalue weighted by molar-refractivity contribution is 7.89. The lowest BCUT2D eigenvalue weighted by molar-refractivity contribution is 0.0947. The van der Waals surface area contributed by atoms with Crippen LogP contribution in [0.4, 0.5) is 0 Å². The molecule has 2 aromatic rings. The summed E-state index contributed by atoms with van der Waals surface area (Å²) in [7, 11) is -3.54. The molecule has 1 aromatic carbocycles. The van der Waals surface area contributed by atoms with Crippen molar-refractivity contribution in [2.75, 3.05) is 13.1 Å². The maximum absolute atomic E-state index is 12.4. The Morgan fingerprint density at radius 3 is 2.27 bits per heavy atom. The van der Waals surface area contributed by atoms with Gasteiger partial charge in [0.2, 0.25) is 21.8 Å². The number of carbonyl (C=O) groups is 1. The first-order chi connectivity index (χ1) is 12.3. The van der Waals surface area contributed by atoms with Gasteiger partial charge in [-0.25, -0.2) is 8.42 Å². The molecular weight excluding hydrogens is 356 g/mol. The number of benzene rings is 1. The van der Waals surface area contributed by atoms with Crippen molar-refractivity contribution in [2.24, 2.45) is 0 Å². The molecule has 1 N–H and O–H groups in total. The topological polar surface area (TPSA) is 105 Å². The number of amides is 1. The molecule has 1 aromatic heterocycles. The van der Waals surface area contributed by atoms with Crippen LogP contribution in [0.25, 0.3) is 0 Å². The van der Waals surface area contributed by atoms with Crippen molar-refractivity contribution in [3.05, 3.63) is 41.6 Å². The third kappa shape index (κ3) is 4.47. The van der Waals surface area contributed by atoms with Crippen LogP contribution < -0.4 is 5.32 Å². The van der Waals surface area contributed by atoms with E-state index in [2.05, 4.69) is 15.5 Å². The van der Waals surface area contributed by atoms with Gasteiger partial charge in [-0.3, -0.25) is 4.79 Å². The van der Waals surface area contributed by atoms with Crippen LogP contribution in [0.1, 0.15) is 55.8 Å². The number of rotatable bonds is 8. The zero-order valence-corrected chi connectivity index (χ0v) is 16.2. The fraction of sp³-hybridized carbons (Fsp3) is 0.471. The quantitative estimate of drug-likeness (QED) is 0.752. The minimum Gasteiger partial charge on any atom is -0.423 e. The van der Waals surface area contributed by atoms with E-state index in [9.17, 15) is 13.2 Å². The second-order valence-electron chi connectivity index (χ2n) is 5.99. The normalized spacial score (nSPS) is 11.9. The molecular formula is C17H24N4O4S. The van der Waals surface area contributed by atoms with Gasteiger partial charge in [-0.2, -0.15) is 4.31 Å². The molecule has 0 aliphatic carbocycles. The van der Waals surface area contributed by atoms with Crippen LogP contribution in [0.15, 0.2) is 33.6 Å². The summed E-state index contributed by atoms with van der Waals surface area (Å²) < 4.78 is 31.7. The van der Waals surface area contributed by atoms with Crippen LogP contribution in [0.5, 0.6) is 0 Å². The Labute approximate surface area is 153 Å². The van der Waals surface area contributed by atoms with Crippen molar-refractivity contribution >= 4 is 15.9 Å². The van der Waals surface area contributed by atoms with Crippen molar-refractivity contribution < 1.29 is 17.6 Å². The Balaban J connectivity index is 2.04. The molecule has 142 valence electrons. The predicted octanol–water partition coefficient (Wildman–Crippen LogP) is 2.15. The van der Waals surface area contributed by atoms with Crippen LogP contribution in [0.2, 0.25) is 0 Å². The van der Waals surface area contributed by atoms with Gasteiger partial charge in [0.1, 0.15) is 0 Å². The highest BCUT2D eigenvalue weighted by Gasteiger charge is 2.21. The summed E-state index contributed by atoms with van der Waals surface area (Å²) in [5, 5.41) is 10.4. The summed E-state index contributed by atoms with van der Waals surface area (Å²) in [6.45, 7) is 8.33. The molecule has 1 amide bonds. The first-order valence-electron chi connectivity index (χ1n) is 8.50. The molecule has 8 nitrogen and oxygen atoms in total. The number of hydrogen-bond acceptors (Lipinski definition) is 6. The number of hydrogen-bond donors (Lipinski definition) is 1. The molecule has 0 atom stereocenters. The van der Waals surface area contributed by atoms with E-state index in [-0.39, 0.29) is 23.3 Å². The summed E-state index contributed by atoms with van der Waals surface area (Å²) in [6.07, 6.45) is 0. The van der Waals surface area contributed by atoms with Gasteiger partial charge in [-0.05, 0) is 24.3 Å². The number of nitrogens with one attached hydrogen (secondary N) is 1. The molecule has 0 unspecified atom stereocenters. The minimum absolute atomic E-state index is 0.109. The fourth-order valence-corrected chi connectivity index (χ4v) is 3.78. The van der Waals surface area contributed by atoms with E-state index in [4.69, 9.17) is 4.42 Å². The van der Waals surface area contributed by atoms with E-state index < -0.39 is 10.0 Å². The first-order valence-corrected chi connectivity index (χ1v) is 9.94. The zero-order valence-electron chi connectivity index (χ0n) is 15.4. The van der Waals surface area contributed by atoms with E-state index in [0.717, 1.165) is 0 Å². The van der Waals surface area contributed by atoms with Gasteiger partial charge >= 0.3 is 0 Å². The highest BCUT2D eigenvalue weighted by Crippen LogP contribution is 2.16. The first kappa shape index (κ1) is 20.1. The fourth-order valence-electron chi connectivity index (χ4n) is 2.32. The predicted molar refractivity (Wildman–Crippen MR) is 96.1 cm³/mol. The number of nitrogens with zero attached hydrogens (tertiary/aromatic N) is 3. The Morgan fingerprint density at radius 2 is 1.77 bits per heavy atom. The zero-order chi connectivity index (χ0) is 19.3. The van der Waals surface area contributed by atoms with Crippen LogP contribution in [-0.4, -0.2) is 41.9 Å². The lowest BCUT2D eigenvalue weighted by Gasteiger charge is -2.18. The Bertz CT molecular complexity index is 840. The summed E-state index contributed by atoms with van der Waals surface area (Å²) in [6, 6.07) is 5.84. The molecule has 0 saturated heterocycles. The molecule has 2 rings (SSSR count). The molecule has 0 bridgehead atoms. The summed E-state index contributed by atoms with van der Waals surface area (Å²) in [4.78, 5) is 12.4. The SMILES string of the molecule is CCN(CC)S(=O)(=O)c1ccc(C(=O)NCc2nnc(C(C)C)o2)cc1. The van der Waals surface area contributed by atoms with Crippen molar-refractivity contribution in [1.29, 1.82) is 0 Å². The molecule has 1 heterocycles. The molecule has 0 spiro atoms. The Hall–Kier alpha value is -2.26. The van der Waals surface area contributed by atoms with E-state index in [1.807, 2.05) is 13.8 Å². The monoisotopic (exact) mass is 380 g/mol. The third-order valence-electron chi connectivity index (χ3n) is 3.84. The van der Waals surface area contributed by atoms with Crippen LogP contribution in [0.3, 0.4) is 0 Å². The van der Waals surface area contributed by atoms with E-state index in [1.165, 1.54) is 28.6 Å². The van der Waals surface area contributed by atoms with Gasteiger partial charge in [0.05, 0.1) is 11.4 Å². The Kier molecular flexibility index (Phi) is 6.49. The van der Waals surface area contributed by atoms with Crippen molar-refractivity contribution in [2.45, 2.75) is 45.1 Å². The summed E-state index contributed by atoms with van der Waals surface area (Å²) in [5.74, 6) is 0.608. The maximum atomic E-state index is 12.4. The van der Waals surface area contributed by atoms with Crippen molar-refractivity contribution in [1.82, 2.24) is 19.8 Å². The average Bonchev–Trinajstić information content (AvgIpc) is 3.10. The van der Waals surface area contributed by atoms with Crippen LogP contribution >= 0.6 is 0 Å². The van der Waals surface area contributed by atoms with E-state index >= 15 is 0 Å². The standard InChI is InChI=1S/C17H24N4O4S/c1-5-21(6-2)26(23,24)14-9-7-13(8-10-14)16(22)18-11-15-19-20-17(25-15)12(3)4/h7-10,12H,5-6,11H2,1-4H3,(H,18,22). The van der Waals surface area contributed by atoms with E-state index in [0.29, 0.717) is 30.4 Å². The van der Waals surface area contributed by atoms with Gasteiger partial charge in [-0.15, -0.1) is 10.2 Å². The second kappa shape index (κ2) is 8.41. The molecule has 0 aliphatic heterocycles. The van der Waals surface area contributed by atoms with Gasteiger partial charge in [0.15, 0.2) is 0 Å². The van der Waals surface area contributed by atoms with Gasteiger partial charge in [-0.1, -0.05) is 27.7 Å². The smallest absolute Gasteiger partial charge is 0.251 e. The summed E-state index contributed by atoms with van der Waals surface area (Å²) in [5.41, 5.74) is 0.354. The number of carbonyl (C=O) groups excluding carboxylic acids is 1. The molecule has 0 saturated carbocycles. The van der Waals surface area contributed by atoms with Gasteiger partial charge < -0.3 is 9.73 Å². The van der Waals surface area contributed by atoms with Crippen molar-refractivity contribution in [3.8, 4) is 0 Å². The van der Waals surface area contributed by atoms with Crippen LogP contribution in [0, 0.1) is 0 Å². The van der Waals surface area contributed by atoms with Gasteiger partial charge in [0.25, 0.3) is 5.91 Å². The van der Waals surface area contributed by atoms with E-state index in [1.54, 1.807) is 13.8 Å². The van der Waals surface area contributed by atoms with Crippen LogP contribution in [-0.2, 0) is 16.6 Å². The lowest BCUT2D eigenvalue weighted by Crippen LogP contribution is -2.30. The second-order valence-corrected chi connectivity index (χ2v) is 7.92. The molecule has 9 heteroatoms.